The van der Waals surface area contributed by atoms with Crippen molar-refractivity contribution in [1.82, 2.24) is 0 Å². The van der Waals surface area contributed by atoms with E-state index in [1.165, 1.54) is 73.0 Å². The van der Waals surface area contributed by atoms with Crippen LogP contribution in [0.3, 0.4) is 0 Å². The van der Waals surface area contributed by atoms with Gasteiger partial charge >= 0.3 is 0 Å². The van der Waals surface area contributed by atoms with Gasteiger partial charge in [0.15, 0.2) is 0 Å². The standard InChI is InChI=1S/C33H46N2O/c1-6-7-8-9-10-11-12-13-26-36-32-24-18-29(19-25-32)33(27-14-20-30(21-15-27)34(2)3)28-16-22-31(23-17-28)35(4)5/h14-25,33H,6-13,26H2,1-5H3. The van der Waals surface area contributed by atoms with Gasteiger partial charge in [-0.3, -0.25) is 0 Å². The summed E-state index contributed by atoms with van der Waals surface area (Å²) in [7, 11) is 8.33. The molecule has 3 aromatic rings. The molecule has 3 rings (SSSR count). The number of benzene rings is 3. The molecule has 0 aliphatic rings. The van der Waals surface area contributed by atoms with Crippen LogP contribution in [0.2, 0.25) is 0 Å². The zero-order valence-corrected chi connectivity index (χ0v) is 23.2. The fourth-order valence-corrected chi connectivity index (χ4v) is 4.69. The Morgan fingerprint density at radius 3 is 1.33 bits per heavy atom. The Kier molecular flexibility index (Phi) is 11.2. The van der Waals surface area contributed by atoms with Crippen molar-refractivity contribution in [3.63, 3.8) is 0 Å². The zero-order valence-electron chi connectivity index (χ0n) is 23.2. The van der Waals surface area contributed by atoms with Crippen molar-refractivity contribution < 1.29 is 4.74 Å². The number of unbranched alkanes of at least 4 members (excludes halogenated alkanes) is 7. The van der Waals surface area contributed by atoms with Crippen molar-refractivity contribution >= 4 is 11.4 Å². The smallest absolute Gasteiger partial charge is 0.119 e. The van der Waals surface area contributed by atoms with E-state index in [2.05, 4.69) is 118 Å². The minimum atomic E-state index is 0.180. The molecule has 0 saturated heterocycles. The van der Waals surface area contributed by atoms with Crippen LogP contribution < -0.4 is 14.5 Å². The van der Waals surface area contributed by atoms with E-state index in [-0.39, 0.29) is 5.92 Å². The van der Waals surface area contributed by atoms with Crippen LogP contribution in [0.25, 0.3) is 0 Å². The quantitative estimate of drug-likeness (QED) is 0.158. The summed E-state index contributed by atoms with van der Waals surface area (Å²) in [6.45, 7) is 3.07. The normalized spacial score (nSPS) is 11.1. The van der Waals surface area contributed by atoms with E-state index in [9.17, 15) is 0 Å². The highest BCUT2D eigenvalue weighted by Crippen LogP contribution is 2.34. The molecular formula is C33H46N2O. The van der Waals surface area contributed by atoms with Gasteiger partial charge in [0.2, 0.25) is 0 Å². The third-order valence-corrected chi connectivity index (χ3v) is 6.97. The molecule has 194 valence electrons. The van der Waals surface area contributed by atoms with E-state index >= 15 is 0 Å². The molecule has 0 aliphatic heterocycles. The van der Waals surface area contributed by atoms with Gasteiger partial charge in [0.05, 0.1) is 6.61 Å². The van der Waals surface area contributed by atoms with E-state index in [1.807, 2.05) is 0 Å². The summed E-state index contributed by atoms with van der Waals surface area (Å²) in [6, 6.07) is 26.6. The van der Waals surface area contributed by atoms with E-state index in [0.717, 1.165) is 18.8 Å². The number of hydrogen-bond donors (Lipinski definition) is 0. The molecule has 0 N–H and O–H groups in total. The highest BCUT2D eigenvalue weighted by atomic mass is 16.5. The van der Waals surface area contributed by atoms with Gasteiger partial charge in [0, 0.05) is 45.5 Å². The monoisotopic (exact) mass is 486 g/mol. The maximum atomic E-state index is 6.07. The van der Waals surface area contributed by atoms with Crippen LogP contribution in [0.5, 0.6) is 5.75 Å². The number of anilines is 2. The second kappa shape index (κ2) is 14.6. The minimum Gasteiger partial charge on any atom is -0.494 e. The Labute approximate surface area is 220 Å². The predicted molar refractivity (Wildman–Crippen MR) is 157 cm³/mol. The number of hydrogen-bond acceptors (Lipinski definition) is 3. The SMILES string of the molecule is CCCCCCCCCCOc1ccc(C(c2ccc(N(C)C)cc2)c2ccc(N(C)C)cc2)cc1. The molecule has 3 heteroatoms. The first-order chi connectivity index (χ1) is 17.5. The topological polar surface area (TPSA) is 15.7 Å². The summed E-state index contributed by atoms with van der Waals surface area (Å²) in [4.78, 5) is 4.28. The van der Waals surface area contributed by atoms with Crippen LogP contribution >= 0.6 is 0 Å². The lowest BCUT2D eigenvalue weighted by Crippen LogP contribution is -2.10. The van der Waals surface area contributed by atoms with Crippen molar-refractivity contribution in [1.29, 1.82) is 0 Å². The van der Waals surface area contributed by atoms with Crippen molar-refractivity contribution in [3.05, 3.63) is 89.5 Å². The number of rotatable bonds is 15. The van der Waals surface area contributed by atoms with Crippen molar-refractivity contribution in [2.75, 3.05) is 44.6 Å². The molecule has 0 fully saturated rings. The molecule has 0 amide bonds. The molecule has 0 heterocycles. The molecule has 0 radical (unpaired) electrons. The summed E-state index contributed by atoms with van der Waals surface area (Å²) >= 11 is 0. The van der Waals surface area contributed by atoms with Crippen LogP contribution in [0.15, 0.2) is 72.8 Å². The Bertz CT molecular complexity index is 940. The van der Waals surface area contributed by atoms with Gasteiger partial charge < -0.3 is 14.5 Å². The molecule has 3 nitrogen and oxygen atoms in total. The number of ether oxygens (including phenoxy) is 1. The minimum absolute atomic E-state index is 0.180. The summed E-state index contributed by atoms with van der Waals surface area (Å²) in [5, 5.41) is 0. The molecule has 0 bridgehead atoms. The van der Waals surface area contributed by atoms with E-state index in [0.29, 0.717) is 0 Å². The highest BCUT2D eigenvalue weighted by molar-refractivity contribution is 5.53. The third-order valence-electron chi connectivity index (χ3n) is 6.97. The van der Waals surface area contributed by atoms with Gasteiger partial charge in [-0.25, -0.2) is 0 Å². The van der Waals surface area contributed by atoms with Crippen molar-refractivity contribution in [2.24, 2.45) is 0 Å². The molecule has 0 atom stereocenters. The van der Waals surface area contributed by atoms with E-state index in [4.69, 9.17) is 4.74 Å². The number of nitrogens with zero attached hydrogens (tertiary/aromatic N) is 2. The molecule has 0 unspecified atom stereocenters. The van der Waals surface area contributed by atoms with Crippen LogP contribution in [0.4, 0.5) is 11.4 Å². The molecule has 3 aromatic carbocycles. The first kappa shape index (κ1) is 27.6. The summed E-state index contributed by atoms with van der Waals surface area (Å²) in [5.41, 5.74) is 6.30. The van der Waals surface area contributed by atoms with Gasteiger partial charge in [-0.15, -0.1) is 0 Å². The summed E-state index contributed by atoms with van der Waals surface area (Å²) in [5.74, 6) is 1.14. The zero-order chi connectivity index (χ0) is 25.8. The van der Waals surface area contributed by atoms with Crippen molar-refractivity contribution in [3.8, 4) is 5.75 Å². The van der Waals surface area contributed by atoms with E-state index < -0.39 is 0 Å². The van der Waals surface area contributed by atoms with Crippen LogP contribution in [0, 0.1) is 0 Å². The predicted octanol–water partition coefficient (Wildman–Crippen LogP) is 8.52. The lowest BCUT2D eigenvalue weighted by atomic mass is 9.85. The van der Waals surface area contributed by atoms with Gasteiger partial charge in [-0.1, -0.05) is 88.3 Å². The molecule has 0 aromatic heterocycles. The summed E-state index contributed by atoms with van der Waals surface area (Å²) < 4.78 is 6.07. The molecule has 0 saturated carbocycles. The van der Waals surface area contributed by atoms with Gasteiger partial charge in [0.25, 0.3) is 0 Å². The highest BCUT2D eigenvalue weighted by Gasteiger charge is 2.17. The fraction of sp³-hybridized carbons (Fsp3) is 0.455. The van der Waals surface area contributed by atoms with Crippen molar-refractivity contribution in [2.45, 2.75) is 64.2 Å². The van der Waals surface area contributed by atoms with Gasteiger partial charge in [0.1, 0.15) is 5.75 Å². The van der Waals surface area contributed by atoms with E-state index in [1.54, 1.807) is 0 Å². The third kappa shape index (κ3) is 8.33. The average molecular weight is 487 g/mol. The van der Waals surface area contributed by atoms with Gasteiger partial charge in [-0.05, 0) is 59.5 Å². The maximum absolute atomic E-state index is 6.07. The molecule has 36 heavy (non-hydrogen) atoms. The van der Waals surface area contributed by atoms with Gasteiger partial charge in [-0.2, -0.15) is 0 Å². The molecule has 0 spiro atoms. The second-order valence-corrected chi connectivity index (χ2v) is 10.3. The largest absolute Gasteiger partial charge is 0.494 e. The molecule has 0 aliphatic carbocycles. The Morgan fingerprint density at radius 2 is 0.917 bits per heavy atom. The van der Waals surface area contributed by atoms with Crippen LogP contribution in [-0.2, 0) is 0 Å². The second-order valence-electron chi connectivity index (χ2n) is 10.3. The first-order valence-electron chi connectivity index (χ1n) is 13.8. The van der Waals surface area contributed by atoms with Crippen LogP contribution in [0.1, 0.15) is 80.9 Å². The fourth-order valence-electron chi connectivity index (χ4n) is 4.69. The average Bonchev–Trinajstić information content (AvgIpc) is 2.89. The molecular weight excluding hydrogens is 440 g/mol. The first-order valence-corrected chi connectivity index (χ1v) is 13.8. The lowest BCUT2D eigenvalue weighted by Gasteiger charge is -2.22. The van der Waals surface area contributed by atoms with Crippen LogP contribution in [-0.4, -0.2) is 34.8 Å². The Hall–Kier alpha value is -2.94. The Balaban J connectivity index is 1.66. The summed E-state index contributed by atoms with van der Waals surface area (Å²) in [6.07, 6.45) is 10.6. The Morgan fingerprint density at radius 1 is 0.528 bits per heavy atom. The lowest BCUT2D eigenvalue weighted by molar-refractivity contribution is 0.304. The maximum Gasteiger partial charge on any atom is 0.119 e.